The van der Waals surface area contributed by atoms with Crippen molar-refractivity contribution in [1.29, 1.82) is 0 Å². The predicted molar refractivity (Wildman–Crippen MR) is 127 cm³/mol. The van der Waals surface area contributed by atoms with E-state index in [1.807, 2.05) is 34.9 Å². The van der Waals surface area contributed by atoms with Crippen molar-refractivity contribution in [3.63, 3.8) is 0 Å². The van der Waals surface area contributed by atoms with E-state index in [-0.39, 0.29) is 42.6 Å². The molecule has 2 saturated heterocycles. The van der Waals surface area contributed by atoms with E-state index >= 15 is 0 Å². The summed E-state index contributed by atoms with van der Waals surface area (Å²) in [7, 11) is 0. The lowest BCUT2D eigenvalue weighted by molar-refractivity contribution is 0.0634. The van der Waals surface area contributed by atoms with E-state index in [9.17, 15) is 9.18 Å². The Kier molecular flexibility index (Phi) is 9.91. The zero-order chi connectivity index (χ0) is 19.3. The summed E-state index contributed by atoms with van der Waals surface area (Å²) >= 11 is 2.01. The molecule has 0 aliphatic carbocycles. The lowest BCUT2D eigenvalue weighted by atomic mass is 10.0. The van der Waals surface area contributed by atoms with Crippen molar-refractivity contribution in [2.75, 3.05) is 44.2 Å². The molecule has 0 bridgehead atoms. The monoisotopic (exact) mass is 471 g/mol. The topological polar surface area (TPSA) is 35.6 Å². The highest BCUT2D eigenvalue weighted by Crippen LogP contribution is 2.25. The van der Waals surface area contributed by atoms with Crippen LogP contribution in [0, 0.1) is 5.82 Å². The normalized spacial score (nSPS) is 19.5. The second-order valence-electron chi connectivity index (χ2n) is 7.36. The highest BCUT2D eigenvalue weighted by atomic mass is 35.5. The zero-order valence-corrected chi connectivity index (χ0v) is 19.2. The molecule has 2 aliphatic rings. The van der Waals surface area contributed by atoms with Gasteiger partial charge >= 0.3 is 0 Å². The van der Waals surface area contributed by atoms with E-state index < -0.39 is 0 Å². The van der Waals surface area contributed by atoms with Crippen LogP contribution >= 0.6 is 36.6 Å². The van der Waals surface area contributed by atoms with Gasteiger partial charge in [0.25, 0.3) is 5.91 Å². The number of hydrogen-bond acceptors (Lipinski definition) is 4. The maximum Gasteiger partial charge on any atom is 0.254 e. The van der Waals surface area contributed by atoms with Gasteiger partial charge in [0.15, 0.2) is 0 Å². The number of carbonyl (C=O) groups is 1. The van der Waals surface area contributed by atoms with Gasteiger partial charge < -0.3 is 10.2 Å². The van der Waals surface area contributed by atoms with E-state index in [4.69, 9.17) is 0 Å². The minimum Gasteiger partial charge on any atom is -0.329 e. The molecule has 2 fully saturated rings. The van der Waals surface area contributed by atoms with E-state index in [0.29, 0.717) is 18.7 Å². The number of hydrogen-bond donors (Lipinski definition) is 1. The van der Waals surface area contributed by atoms with Gasteiger partial charge in [0.05, 0.1) is 6.04 Å². The molecule has 164 valence electrons. The second kappa shape index (κ2) is 11.9. The van der Waals surface area contributed by atoms with E-state index in [0.717, 1.165) is 31.7 Å². The number of halogens is 3. The summed E-state index contributed by atoms with van der Waals surface area (Å²) in [4.78, 5) is 17.5. The molecule has 30 heavy (non-hydrogen) atoms. The Morgan fingerprint density at radius 3 is 2.50 bits per heavy atom. The van der Waals surface area contributed by atoms with Gasteiger partial charge in [-0.05, 0) is 35.4 Å². The quantitative estimate of drug-likeness (QED) is 0.730. The molecule has 4 rings (SSSR count). The number of amides is 1. The van der Waals surface area contributed by atoms with Crippen LogP contribution in [0.5, 0.6) is 0 Å². The molecule has 1 amide bonds. The first kappa shape index (κ1) is 25.0. The molecular weight excluding hydrogens is 444 g/mol. The van der Waals surface area contributed by atoms with Gasteiger partial charge in [0, 0.05) is 56.3 Å². The van der Waals surface area contributed by atoms with Crippen LogP contribution in [0.3, 0.4) is 0 Å². The van der Waals surface area contributed by atoms with Crippen LogP contribution in [-0.4, -0.2) is 59.9 Å². The summed E-state index contributed by atoms with van der Waals surface area (Å²) in [6.45, 7) is 5.20. The van der Waals surface area contributed by atoms with Gasteiger partial charge in [0.2, 0.25) is 0 Å². The van der Waals surface area contributed by atoms with Crippen LogP contribution < -0.4 is 5.32 Å². The molecule has 0 spiro atoms. The molecular formula is C22H28Cl2FN3OS. The largest absolute Gasteiger partial charge is 0.329 e. The standard InChI is InChI=1S/C22H26FN3OS.2ClH/c23-20-3-1-2-19(14-20)21-15-24-8-9-26(21)22(27)18-6-4-17(5-7-18)16-25-10-12-28-13-11-25;;/h1-7,14,21,24H,8-13,15-16H2;2*1H. The summed E-state index contributed by atoms with van der Waals surface area (Å²) in [5, 5.41) is 3.32. The fourth-order valence-electron chi connectivity index (χ4n) is 3.90. The number of carbonyl (C=O) groups excluding carboxylic acids is 1. The van der Waals surface area contributed by atoms with E-state index in [1.165, 1.54) is 29.2 Å². The van der Waals surface area contributed by atoms with E-state index in [2.05, 4.69) is 22.3 Å². The molecule has 0 radical (unpaired) electrons. The van der Waals surface area contributed by atoms with Crippen LogP contribution in [0.15, 0.2) is 48.5 Å². The average molecular weight is 472 g/mol. The maximum absolute atomic E-state index is 13.7. The molecule has 1 atom stereocenters. The van der Waals surface area contributed by atoms with Gasteiger partial charge in [-0.25, -0.2) is 4.39 Å². The van der Waals surface area contributed by atoms with Crippen LogP contribution in [0.25, 0.3) is 0 Å². The number of rotatable bonds is 4. The van der Waals surface area contributed by atoms with Gasteiger partial charge in [-0.3, -0.25) is 9.69 Å². The summed E-state index contributed by atoms with van der Waals surface area (Å²) < 4.78 is 13.7. The Morgan fingerprint density at radius 2 is 1.80 bits per heavy atom. The maximum atomic E-state index is 13.7. The molecule has 8 heteroatoms. The summed E-state index contributed by atoms with van der Waals surface area (Å²) in [6.07, 6.45) is 0. The molecule has 2 aromatic rings. The molecule has 2 aromatic carbocycles. The van der Waals surface area contributed by atoms with Crippen molar-refractivity contribution in [3.8, 4) is 0 Å². The first-order valence-electron chi connectivity index (χ1n) is 9.87. The second-order valence-corrected chi connectivity index (χ2v) is 8.58. The minimum absolute atomic E-state index is 0. The SMILES string of the molecule is Cl.Cl.O=C(c1ccc(CN2CCSCC2)cc1)N1CCNCC1c1cccc(F)c1. The number of nitrogens with one attached hydrogen (secondary N) is 1. The Labute approximate surface area is 194 Å². The number of nitrogens with zero attached hydrogens (tertiary/aromatic N) is 2. The van der Waals surface area contributed by atoms with Crippen molar-refractivity contribution in [1.82, 2.24) is 15.1 Å². The van der Waals surface area contributed by atoms with Gasteiger partial charge in [-0.2, -0.15) is 11.8 Å². The average Bonchev–Trinajstić information content (AvgIpc) is 2.74. The minimum atomic E-state index is -0.268. The Morgan fingerprint density at radius 1 is 1.07 bits per heavy atom. The number of piperazine rings is 1. The highest BCUT2D eigenvalue weighted by Gasteiger charge is 2.28. The third-order valence-corrected chi connectivity index (χ3v) is 6.39. The van der Waals surface area contributed by atoms with Gasteiger partial charge in [0.1, 0.15) is 5.82 Å². The van der Waals surface area contributed by atoms with Crippen molar-refractivity contribution < 1.29 is 9.18 Å². The molecule has 1 N–H and O–H groups in total. The van der Waals surface area contributed by atoms with Crippen LogP contribution in [0.1, 0.15) is 27.5 Å². The summed E-state index contributed by atoms with van der Waals surface area (Å²) in [5.74, 6) is 2.13. The molecule has 4 nitrogen and oxygen atoms in total. The lowest BCUT2D eigenvalue weighted by Crippen LogP contribution is -2.48. The van der Waals surface area contributed by atoms with Crippen molar-refractivity contribution >= 4 is 42.5 Å². The zero-order valence-electron chi connectivity index (χ0n) is 16.8. The fraction of sp³-hybridized carbons (Fsp3) is 0.409. The van der Waals surface area contributed by atoms with Crippen LogP contribution in [0.4, 0.5) is 4.39 Å². The lowest BCUT2D eigenvalue weighted by Gasteiger charge is -2.36. The third kappa shape index (κ3) is 6.11. The van der Waals surface area contributed by atoms with Gasteiger partial charge in [-0.1, -0.05) is 24.3 Å². The summed E-state index contributed by atoms with van der Waals surface area (Å²) in [5.41, 5.74) is 2.77. The molecule has 0 saturated carbocycles. The fourth-order valence-corrected chi connectivity index (χ4v) is 4.87. The number of thioether (sulfide) groups is 1. The highest BCUT2D eigenvalue weighted by molar-refractivity contribution is 7.99. The predicted octanol–water partition coefficient (Wildman–Crippen LogP) is 4.00. The van der Waals surface area contributed by atoms with Crippen molar-refractivity contribution in [2.24, 2.45) is 0 Å². The molecule has 2 heterocycles. The van der Waals surface area contributed by atoms with E-state index in [1.54, 1.807) is 6.07 Å². The number of benzene rings is 2. The first-order valence-corrected chi connectivity index (χ1v) is 11.0. The Balaban J connectivity index is 0.00000160. The van der Waals surface area contributed by atoms with Crippen molar-refractivity contribution in [2.45, 2.75) is 12.6 Å². The smallest absolute Gasteiger partial charge is 0.254 e. The summed E-state index contributed by atoms with van der Waals surface area (Å²) in [6, 6.07) is 14.4. The molecule has 1 unspecified atom stereocenters. The Bertz CT molecular complexity index is 818. The van der Waals surface area contributed by atoms with Crippen LogP contribution in [0.2, 0.25) is 0 Å². The first-order chi connectivity index (χ1) is 13.7. The van der Waals surface area contributed by atoms with Crippen molar-refractivity contribution in [3.05, 3.63) is 71.0 Å². The third-order valence-electron chi connectivity index (χ3n) is 5.45. The van der Waals surface area contributed by atoms with Gasteiger partial charge in [-0.15, -0.1) is 24.8 Å². The van der Waals surface area contributed by atoms with Crippen LogP contribution in [-0.2, 0) is 6.54 Å². The Hall–Kier alpha value is -1.31. The molecule has 0 aromatic heterocycles. The molecule has 2 aliphatic heterocycles.